The molecular formula is C6H16INO2. The van der Waals surface area contributed by atoms with Crippen molar-refractivity contribution in [2.45, 2.75) is 6.10 Å². The van der Waals surface area contributed by atoms with Crippen LogP contribution in [-0.4, -0.2) is 55.1 Å². The molecule has 0 aromatic carbocycles. The van der Waals surface area contributed by atoms with Crippen LogP contribution in [0.4, 0.5) is 0 Å². The van der Waals surface area contributed by atoms with Gasteiger partial charge in [-0.3, -0.25) is 0 Å². The third-order valence-corrected chi connectivity index (χ3v) is 0.969. The highest BCUT2D eigenvalue weighted by molar-refractivity contribution is 4.47. The Balaban J connectivity index is 0. The maximum Gasteiger partial charge on any atom is 0.126 e. The van der Waals surface area contributed by atoms with Gasteiger partial charge in [0.25, 0.3) is 0 Å². The van der Waals surface area contributed by atoms with Gasteiger partial charge in [-0.25, -0.2) is 0 Å². The number of nitrogens with zero attached hydrogens (tertiary/aromatic N) is 1. The van der Waals surface area contributed by atoms with Crippen molar-refractivity contribution in [1.29, 1.82) is 0 Å². The first kappa shape index (κ1) is 13.2. The fourth-order valence-corrected chi connectivity index (χ4v) is 0.690. The molecule has 1 unspecified atom stereocenters. The summed E-state index contributed by atoms with van der Waals surface area (Å²) in [6.07, 6.45) is -0.579. The second-order valence-corrected chi connectivity index (χ2v) is 3.31. The van der Waals surface area contributed by atoms with E-state index in [4.69, 9.17) is 10.2 Å². The summed E-state index contributed by atoms with van der Waals surface area (Å²) in [7, 11) is 5.91. The third kappa shape index (κ3) is 8.61. The van der Waals surface area contributed by atoms with Crippen molar-refractivity contribution >= 4 is 0 Å². The molecular weight excluding hydrogens is 245 g/mol. The summed E-state index contributed by atoms with van der Waals surface area (Å²) in [4.78, 5) is 0. The van der Waals surface area contributed by atoms with Crippen molar-refractivity contribution < 1.29 is 38.7 Å². The molecule has 0 amide bonds. The zero-order valence-electron chi connectivity index (χ0n) is 6.71. The summed E-state index contributed by atoms with van der Waals surface area (Å²) >= 11 is 0. The number of hydrogen-bond acceptors (Lipinski definition) is 2. The van der Waals surface area contributed by atoms with E-state index in [0.29, 0.717) is 11.0 Å². The molecule has 3 nitrogen and oxygen atoms in total. The normalized spacial score (nSPS) is 14.1. The van der Waals surface area contributed by atoms with Crippen LogP contribution in [0, 0.1) is 0 Å². The Hall–Kier alpha value is 0.610. The van der Waals surface area contributed by atoms with Gasteiger partial charge < -0.3 is 38.7 Å². The van der Waals surface area contributed by atoms with E-state index in [0.717, 1.165) is 0 Å². The first-order valence-corrected chi connectivity index (χ1v) is 3.05. The van der Waals surface area contributed by atoms with Gasteiger partial charge in [0.2, 0.25) is 0 Å². The third-order valence-electron chi connectivity index (χ3n) is 0.969. The molecule has 1 atom stereocenters. The fraction of sp³-hybridized carbons (Fsp3) is 1.00. The van der Waals surface area contributed by atoms with Crippen LogP contribution in [0.2, 0.25) is 0 Å². The van der Waals surface area contributed by atoms with E-state index in [9.17, 15) is 0 Å². The van der Waals surface area contributed by atoms with Gasteiger partial charge in [0, 0.05) is 0 Å². The van der Waals surface area contributed by atoms with Crippen LogP contribution in [-0.2, 0) is 0 Å². The summed E-state index contributed by atoms with van der Waals surface area (Å²) < 4.78 is 0.682. The number of likely N-dealkylation sites (N-methyl/N-ethyl adjacent to an activating group) is 1. The van der Waals surface area contributed by atoms with Crippen LogP contribution in [0.1, 0.15) is 0 Å². The highest BCUT2D eigenvalue weighted by Crippen LogP contribution is 1.92. The Labute approximate surface area is 79.3 Å². The highest BCUT2D eigenvalue weighted by atomic mass is 127. The van der Waals surface area contributed by atoms with Crippen LogP contribution >= 0.6 is 0 Å². The maximum absolute atomic E-state index is 8.93. The molecule has 0 aliphatic carbocycles. The summed E-state index contributed by atoms with van der Waals surface area (Å²) in [5, 5.41) is 17.4. The van der Waals surface area contributed by atoms with Crippen molar-refractivity contribution in [2.24, 2.45) is 0 Å². The van der Waals surface area contributed by atoms with Crippen molar-refractivity contribution in [2.75, 3.05) is 34.3 Å². The number of rotatable bonds is 3. The average Bonchev–Trinajstić information content (AvgIpc) is 1.62. The van der Waals surface area contributed by atoms with Gasteiger partial charge in [0.1, 0.15) is 12.6 Å². The summed E-state index contributed by atoms with van der Waals surface area (Å²) in [5.74, 6) is 0. The Kier molecular flexibility index (Phi) is 6.99. The lowest BCUT2D eigenvalue weighted by Crippen LogP contribution is -3.00. The van der Waals surface area contributed by atoms with E-state index >= 15 is 0 Å². The van der Waals surface area contributed by atoms with Gasteiger partial charge in [0.05, 0.1) is 27.7 Å². The zero-order chi connectivity index (χ0) is 7.49. The molecule has 0 bridgehead atoms. The van der Waals surface area contributed by atoms with E-state index in [-0.39, 0.29) is 30.6 Å². The predicted molar refractivity (Wildman–Crippen MR) is 36.0 cm³/mol. The molecule has 0 heterocycles. The summed E-state index contributed by atoms with van der Waals surface area (Å²) in [6.45, 7) is 0.450. The Bertz CT molecular complexity index is 82.3. The Morgan fingerprint density at radius 2 is 1.70 bits per heavy atom. The minimum atomic E-state index is -0.579. The lowest BCUT2D eigenvalue weighted by molar-refractivity contribution is -0.873. The molecule has 0 aliphatic heterocycles. The zero-order valence-corrected chi connectivity index (χ0v) is 8.87. The quantitative estimate of drug-likeness (QED) is 0.402. The SMILES string of the molecule is C[N+](C)(C)CC(O)CO.[I-]. The number of halogens is 1. The molecule has 4 heteroatoms. The van der Waals surface area contributed by atoms with E-state index in [1.165, 1.54) is 0 Å². The van der Waals surface area contributed by atoms with Crippen molar-refractivity contribution in [1.82, 2.24) is 0 Å². The van der Waals surface area contributed by atoms with E-state index < -0.39 is 6.10 Å². The summed E-state index contributed by atoms with van der Waals surface area (Å²) in [6, 6.07) is 0. The topological polar surface area (TPSA) is 40.5 Å². The van der Waals surface area contributed by atoms with Crippen LogP contribution < -0.4 is 24.0 Å². The lowest BCUT2D eigenvalue weighted by atomic mass is 10.3. The molecule has 0 spiro atoms. The van der Waals surface area contributed by atoms with Gasteiger partial charge in [-0.1, -0.05) is 0 Å². The van der Waals surface area contributed by atoms with Crippen molar-refractivity contribution in [3.63, 3.8) is 0 Å². The largest absolute Gasteiger partial charge is 1.00 e. The van der Waals surface area contributed by atoms with Gasteiger partial charge in [0.15, 0.2) is 0 Å². The highest BCUT2D eigenvalue weighted by Gasteiger charge is 2.13. The lowest BCUT2D eigenvalue weighted by Gasteiger charge is -2.25. The monoisotopic (exact) mass is 261 g/mol. The molecule has 0 aromatic rings. The molecule has 0 saturated carbocycles. The second-order valence-electron chi connectivity index (χ2n) is 3.31. The number of quaternary nitrogens is 1. The second kappa shape index (κ2) is 5.29. The Morgan fingerprint density at radius 3 is 1.80 bits per heavy atom. The smallest absolute Gasteiger partial charge is 0.126 e. The van der Waals surface area contributed by atoms with Crippen LogP contribution in [0.5, 0.6) is 0 Å². The fourth-order valence-electron chi connectivity index (χ4n) is 0.690. The first-order chi connectivity index (χ1) is 3.95. The average molecular weight is 261 g/mol. The number of aliphatic hydroxyl groups excluding tert-OH is 2. The molecule has 0 aliphatic rings. The Morgan fingerprint density at radius 1 is 1.30 bits per heavy atom. The van der Waals surface area contributed by atoms with Gasteiger partial charge in [-0.15, -0.1) is 0 Å². The van der Waals surface area contributed by atoms with Gasteiger partial charge >= 0.3 is 0 Å². The minimum absolute atomic E-state index is 0. The van der Waals surface area contributed by atoms with Gasteiger partial charge in [-0.2, -0.15) is 0 Å². The molecule has 0 fully saturated rings. The molecule has 0 saturated heterocycles. The van der Waals surface area contributed by atoms with E-state index in [1.807, 2.05) is 21.1 Å². The predicted octanol–water partition coefficient (Wildman–Crippen LogP) is -3.95. The van der Waals surface area contributed by atoms with Crippen LogP contribution in [0.3, 0.4) is 0 Å². The van der Waals surface area contributed by atoms with E-state index in [1.54, 1.807) is 0 Å². The number of hydrogen-bond donors (Lipinski definition) is 2. The van der Waals surface area contributed by atoms with Crippen molar-refractivity contribution in [3.05, 3.63) is 0 Å². The first-order valence-electron chi connectivity index (χ1n) is 3.05. The van der Waals surface area contributed by atoms with Crippen LogP contribution in [0.15, 0.2) is 0 Å². The molecule has 2 N–H and O–H groups in total. The van der Waals surface area contributed by atoms with E-state index in [2.05, 4.69) is 0 Å². The van der Waals surface area contributed by atoms with Crippen LogP contribution in [0.25, 0.3) is 0 Å². The molecule has 64 valence electrons. The van der Waals surface area contributed by atoms with Crippen molar-refractivity contribution in [3.8, 4) is 0 Å². The summed E-state index contributed by atoms with van der Waals surface area (Å²) in [5.41, 5.74) is 0. The molecule has 10 heavy (non-hydrogen) atoms. The minimum Gasteiger partial charge on any atom is -1.00 e. The number of aliphatic hydroxyl groups is 2. The molecule has 0 aromatic heterocycles. The van der Waals surface area contributed by atoms with Gasteiger partial charge in [-0.05, 0) is 0 Å². The standard InChI is InChI=1S/C6H16NO2.HI/c1-7(2,3)4-6(9)5-8;/h6,8-9H,4-5H2,1-3H3;1H/q+1;/p-1. The maximum atomic E-state index is 8.93. The molecule has 0 rings (SSSR count). The molecule has 0 radical (unpaired) electrons.